The van der Waals surface area contributed by atoms with Crippen LogP contribution in [0, 0.1) is 0 Å². The Kier molecular flexibility index (Phi) is 12.0. The first-order chi connectivity index (χ1) is 32.6. The molecule has 0 spiro atoms. The molecule has 0 aliphatic carbocycles. The molecule has 66 heavy (non-hydrogen) atoms. The standard InChI is InChI=1S/C63H47N3/c1-3-23-44(4-2)61-64-62(49-32-18-9-19-33-49)66-63(65-61)55-39-22-37-53(42-55)51-35-20-34-50(40-51)52-36-21-38-54(41-52)57-43-56(45-24-10-5-11-25-45)58(46-26-12-6-13-27-46)60(48-30-16-8-17-31-48)59(57)47-28-14-7-15-29-47/h3-43H,1-2H3/b23-3-,44-4+. The van der Waals surface area contributed by atoms with Gasteiger partial charge in [-0.2, -0.15) is 0 Å². The molecule has 1 heterocycles. The van der Waals surface area contributed by atoms with Crippen LogP contribution in [0.1, 0.15) is 19.7 Å². The molecule has 1 aromatic heterocycles. The molecule has 0 bridgehead atoms. The number of allylic oxidation sites excluding steroid dienone is 4. The lowest BCUT2D eigenvalue weighted by Gasteiger charge is -2.24. The lowest BCUT2D eigenvalue weighted by atomic mass is 9.78. The molecule has 0 N–H and O–H groups in total. The summed E-state index contributed by atoms with van der Waals surface area (Å²) in [6.07, 6.45) is 6.09. The molecule has 0 atom stereocenters. The Balaban J connectivity index is 1.12. The van der Waals surface area contributed by atoms with Crippen LogP contribution < -0.4 is 0 Å². The largest absolute Gasteiger partial charge is 0.208 e. The van der Waals surface area contributed by atoms with Crippen molar-refractivity contribution in [3.8, 4) is 101 Å². The lowest BCUT2D eigenvalue weighted by Crippen LogP contribution is -2.02. The number of hydrogen-bond acceptors (Lipinski definition) is 3. The third-order valence-electron chi connectivity index (χ3n) is 12.0. The Hall–Kier alpha value is -8.53. The van der Waals surface area contributed by atoms with E-state index in [0.29, 0.717) is 17.5 Å². The number of nitrogens with zero attached hydrogens (tertiary/aromatic N) is 3. The predicted molar refractivity (Wildman–Crippen MR) is 277 cm³/mol. The van der Waals surface area contributed by atoms with Gasteiger partial charge in [0.15, 0.2) is 17.5 Å². The third-order valence-corrected chi connectivity index (χ3v) is 12.0. The molecular formula is C63H47N3. The minimum atomic E-state index is 0.630. The minimum Gasteiger partial charge on any atom is -0.208 e. The highest BCUT2D eigenvalue weighted by molar-refractivity contribution is 6.07. The quantitative estimate of drug-likeness (QED) is 0.122. The van der Waals surface area contributed by atoms with Crippen molar-refractivity contribution in [2.45, 2.75) is 13.8 Å². The molecule has 0 saturated carbocycles. The van der Waals surface area contributed by atoms with Crippen molar-refractivity contribution in [3.05, 3.63) is 255 Å². The maximum atomic E-state index is 5.02. The second-order valence-corrected chi connectivity index (χ2v) is 16.2. The smallest absolute Gasteiger partial charge is 0.164 e. The van der Waals surface area contributed by atoms with Crippen molar-refractivity contribution in [3.63, 3.8) is 0 Å². The molecular weight excluding hydrogens is 799 g/mol. The van der Waals surface area contributed by atoms with Gasteiger partial charge >= 0.3 is 0 Å². The Labute approximate surface area is 387 Å². The summed E-state index contributed by atoms with van der Waals surface area (Å²) in [5.74, 6) is 1.91. The van der Waals surface area contributed by atoms with Gasteiger partial charge in [-0.05, 0) is 116 Å². The molecule has 0 saturated heterocycles. The van der Waals surface area contributed by atoms with E-state index in [2.05, 4.69) is 200 Å². The van der Waals surface area contributed by atoms with Gasteiger partial charge in [0.2, 0.25) is 0 Å². The molecule has 314 valence electrons. The number of benzene rings is 9. The van der Waals surface area contributed by atoms with E-state index in [4.69, 9.17) is 15.0 Å². The van der Waals surface area contributed by atoms with Crippen LogP contribution in [-0.2, 0) is 0 Å². The topological polar surface area (TPSA) is 38.7 Å². The fourth-order valence-electron chi connectivity index (χ4n) is 8.87. The summed E-state index contributed by atoms with van der Waals surface area (Å²) in [7, 11) is 0. The van der Waals surface area contributed by atoms with Gasteiger partial charge < -0.3 is 0 Å². The molecule has 10 aromatic rings. The first-order valence-corrected chi connectivity index (χ1v) is 22.5. The van der Waals surface area contributed by atoms with Gasteiger partial charge in [0.25, 0.3) is 0 Å². The summed E-state index contributed by atoms with van der Waals surface area (Å²) >= 11 is 0. The van der Waals surface area contributed by atoms with E-state index in [0.717, 1.165) is 44.5 Å². The summed E-state index contributed by atoms with van der Waals surface area (Å²) in [4.78, 5) is 14.9. The van der Waals surface area contributed by atoms with Gasteiger partial charge in [0, 0.05) is 16.7 Å². The summed E-state index contributed by atoms with van der Waals surface area (Å²) in [5.41, 5.74) is 19.1. The molecule has 0 unspecified atom stereocenters. The van der Waals surface area contributed by atoms with Crippen molar-refractivity contribution in [2.75, 3.05) is 0 Å². The molecule has 3 nitrogen and oxygen atoms in total. The molecule has 10 rings (SSSR count). The van der Waals surface area contributed by atoms with Crippen molar-refractivity contribution in [1.29, 1.82) is 0 Å². The van der Waals surface area contributed by atoms with Crippen molar-refractivity contribution in [2.24, 2.45) is 0 Å². The van der Waals surface area contributed by atoms with Crippen molar-refractivity contribution >= 4 is 5.57 Å². The molecule has 0 amide bonds. The Morgan fingerprint density at radius 3 is 1.12 bits per heavy atom. The number of hydrogen-bond donors (Lipinski definition) is 0. The Morgan fingerprint density at radius 1 is 0.303 bits per heavy atom. The zero-order chi connectivity index (χ0) is 44.7. The molecule has 3 heteroatoms. The fraction of sp³-hybridized carbons (Fsp3) is 0.0317. The summed E-state index contributed by atoms with van der Waals surface area (Å²) in [6, 6.07) is 82.3. The average Bonchev–Trinajstić information content (AvgIpc) is 3.40. The van der Waals surface area contributed by atoms with E-state index >= 15 is 0 Å². The number of rotatable bonds is 11. The highest BCUT2D eigenvalue weighted by Gasteiger charge is 2.24. The van der Waals surface area contributed by atoms with Crippen LogP contribution in [0.25, 0.3) is 106 Å². The molecule has 0 radical (unpaired) electrons. The van der Waals surface area contributed by atoms with E-state index in [9.17, 15) is 0 Å². The molecule has 9 aromatic carbocycles. The van der Waals surface area contributed by atoms with E-state index < -0.39 is 0 Å². The maximum Gasteiger partial charge on any atom is 0.164 e. The summed E-state index contributed by atoms with van der Waals surface area (Å²) < 4.78 is 0. The van der Waals surface area contributed by atoms with E-state index in [1.54, 1.807) is 0 Å². The van der Waals surface area contributed by atoms with Crippen molar-refractivity contribution < 1.29 is 0 Å². The van der Waals surface area contributed by atoms with Crippen LogP contribution in [0.5, 0.6) is 0 Å². The zero-order valence-electron chi connectivity index (χ0n) is 37.0. The molecule has 0 aliphatic rings. The fourth-order valence-corrected chi connectivity index (χ4v) is 8.87. The van der Waals surface area contributed by atoms with Gasteiger partial charge in [-0.1, -0.05) is 224 Å². The minimum absolute atomic E-state index is 0.630. The van der Waals surface area contributed by atoms with Gasteiger partial charge in [-0.15, -0.1) is 0 Å². The first kappa shape index (κ1) is 41.5. The second-order valence-electron chi connectivity index (χ2n) is 16.2. The Morgan fingerprint density at radius 2 is 0.652 bits per heavy atom. The molecule has 0 fully saturated rings. The van der Waals surface area contributed by atoms with Gasteiger partial charge in [0.1, 0.15) is 0 Å². The normalized spacial score (nSPS) is 11.5. The monoisotopic (exact) mass is 845 g/mol. The van der Waals surface area contributed by atoms with Crippen LogP contribution >= 0.6 is 0 Å². The van der Waals surface area contributed by atoms with E-state index in [1.807, 2.05) is 62.4 Å². The number of aromatic nitrogens is 3. The third kappa shape index (κ3) is 8.58. The van der Waals surface area contributed by atoms with Gasteiger partial charge in [-0.3, -0.25) is 0 Å². The highest BCUT2D eigenvalue weighted by Crippen LogP contribution is 2.50. The first-order valence-electron chi connectivity index (χ1n) is 22.5. The SMILES string of the molecule is C/C=C\C(=C/C)c1nc(-c2ccccc2)nc(-c2cccc(-c3cccc(-c4cccc(-c5cc(-c6ccccc6)c(-c6ccccc6)c(-c6ccccc6)c5-c5ccccc5)c4)c3)c2)n1. The van der Waals surface area contributed by atoms with E-state index in [-0.39, 0.29) is 0 Å². The Bertz CT molecular complexity index is 3340. The summed E-state index contributed by atoms with van der Waals surface area (Å²) in [5, 5.41) is 0. The van der Waals surface area contributed by atoms with E-state index in [1.165, 1.54) is 50.1 Å². The van der Waals surface area contributed by atoms with Gasteiger partial charge in [0.05, 0.1) is 0 Å². The van der Waals surface area contributed by atoms with Crippen LogP contribution in [0.15, 0.2) is 249 Å². The summed E-state index contributed by atoms with van der Waals surface area (Å²) in [6.45, 7) is 4.02. The van der Waals surface area contributed by atoms with Crippen LogP contribution in [0.4, 0.5) is 0 Å². The van der Waals surface area contributed by atoms with Crippen molar-refractivity contribution in [1.82, 2.24) is 15.0 Å². The van der Waals surface area contributed by atoms with Crippen LogP contribution in [0.3, 0.4) is 0 Å². The predicted octanol–water partition coefficient (Wildman–Crippen LogP) is 16.9. The lowest BCUT2D eigenvalue weighted by molar-refractivity contribution is 1.04. The second kappa shape index (κ2) is 19.1. The maximum absolute atomic E-state index is 5.02. The zero-order valence-corrected chi connectivity index (χ0v) is 37.0. The highest BCUT2D eigenvalue weighted by atomic mass is 15.0. The van der Waals surface area contributed by atoms with Crippen LogP contribution in [0.2, 0.25) is 0 Å². The molecule has 0 aliphatic heterocycles. The average molecular weight is 846 g/mol. The van der Waals surface area contributed by atoms with Crippen LogP contribution in [-0.4, -0.2) is 15.0 Å². The van der Waals surface area contributed by atoms with Gasteiger partial charge in [-0.25, -0.2) is 15.0 Å².